The highest BCUT2D eigenvalue weighted by molar-refractivity contribution is 6.30. The fourth-order valence-corrected chi connectivity index (χ4v) is 1.19. The molecule has 1 rings (SSSR count). The normalized spacial score (nSPS) is 9.08. The van der Waals surface area contributed by atoms with E-state index in [1.54, 1.807) is 6.07 Å². The van der Waals surface area contributed by atoms with Gasteiger partial charge < -0.3 is 5.32 Å². The maximum atomic E-state index is 8.33. The quantitative estimate of drug-likeness (QED) is 0.711. The molecule has 0 aliphatic heterocycles. The summed E-state index contributed by atoms with van der Waals surface area (Å²) in [6.07, 6.45) is 0. The van der Waals surface area contributed by atoms with E-state index in [1.807, 2.05) is 25.1 Å². The summed E-state index contributed by atoms with van der Waals surface area (Å²) in [5.41, 5.74) is 2.01. The van der Waals surface area contributed by atoms with Crippen LogP contribution in [0.3, 0.4) is 0 Å². The van der Waals surface area contributed by atoms with Gasteiger partial charge in [0.15, 0.2) is 0 Å². The lowest BCUT2D eigenvalue weighted by molar-refractivity contribution is 1.29. The number of nitriles is 1. The molecule has 0 aromatic heterocycles. The van der Waals surface area contributed by atoms with Gasteiger partial charge in [-0.2, -0.15) is 5.26 Å². The van der Waals surface area contributed by atoms with E-state index >= 15 is 0 Å². The second-order valence-corrected chi connectivity index (χ2v) is 2.91. The highest BCUT2D eigenvalue weighted by Crippen LogP contribution is 2.18. The predicted octanol–water partition coefficient (Wildman–Crippen LogP) is 2.58. The standard InChI is InChI=1S/C9H9ClN2/c1-7-6-8(10)2-3-9(7)12-5-4-11/h2-3,6,12H,5H2,1H3. The number of benzene rings is 1. The zero-order valence-electron chi connectivity index (χ0n) is 6.76. The minimum Gasteiger partial charge on any atom is -0.372 e. The van der Waals surface area contributed by atoms with Gasteiger partial charge in [0.1, 0.15) is 6.54 Å². The molecule has 0 radical (unpaired) electrons. The van der Waals surface area contributed by atoms with E-state index in [-0.39, 0.29) is 0 Å². The molecule has 0 bridgehead atoms. The van der Waals surface area contributed by atoms with Crippen molar-refractivity contribution in [2.45, 2.75) is 6.92 Å². The molecule has 0 unspecified atom stereocenters. The molecule has 0 saturated carbocycles. The van der Waals surface area contributed by atoms with Crippen molar-refractivity contribution in [3.05, 3.63) is 28.8 Å². The Morgan fingerprint density at radius 2 is 2.33 bits per heavy atom. The molecule has 62 valence electrons. The molecule has 0 atom stereocenters. The molecule has 0 aliphatic rings. The number of hydrogen-bond acceptors (Lipinski definition) is 2. The van der Waals surface area contributed by atoms with E-state index in [9.17, 15) is 0 Å². The fraction of sp³-hybridized carbons (Fsp3) is 0.222. The summed E-state index contributed by atoms with van der Waals surface area (Å²) in [7, 11) is 0. The number of nitrogens with one attached hydrogen (secondary N) is 1. The minimum atomic E-state index is 0.322. The Morgan fingerprint density at radius 3 is 2.92 bits per heavy atom. The number of nitrogens with zero attached hydrogens (tertiary/aromatic N) is 1. The summed E-state index contributed by atoms with van der Waals surface area (Å²) in [6, 6.07) is 7.55. The molecule has 0 heterocycles. The molecular formula is C9H9ClN2. The molecule has 1 N–H and O–H groups in total. The summed E-state index contributed by atoms with van der Waals surface area (Å²) >= 11 is 5.76. The summed E-state index contributed by atoms with van der Waals surface area (Å²) in [5.74, 6) is 0. The summed E-state index contributed by atoms with van der Waals surface area (Å²) < 4.78 is 0. The van der Waals surface area contributed by atoms with Crippen LogP contribution < -0.4 is 5.32 Å². The Kier molecular flexibility index (Phi) is 2.95. The fourth-order valence-electron chi connectivity index (χ4n) is 0.960. The van der Waals surface area contributed by atoms with E-state index < -0.39 is 0 Å². The zero-order valence-corrected chi connectivity index (χ0v) is 7.52. The lowest BCUT2D eigenvalue weighted by Gasteiger charge is -2.05. The van der Waals surface area contributed by atoms with E-state index in [1.165, 1.54) is 0 Å². The zero-order chi connectivity index (χ0) is 8.97. The first-order chi connectivity index (χ1) is 5.74. The third kappa shape index (κ3) is 2.14. The predicted molar refractivity (Wildman–Crippen MR) is 50.3 cm³/mol. The molecule has 0 fully saturated rings. The van der Waals surface area contributed by atoms with Gasteiger partial charge >= 0.3 is 0 Å². The molecule has 1 aromatic carbocycles. The molecule has 0 amide bonds. The van der Waals surface area contributed by atoms with Crippen molar-refractivity contribution in [2.24, 2.45) is 0 Å². The lowest BCUT2D eigenvalue weighted by atomic mass is 10.2. The van der Waals surface area contributed by atoms with E-state index in [0.717, 1.165) is 16.3 Å². The number of rotatable bonds is 2. The van der Waals surface area contributed by atoms with Crippen molar-refractivity contribution in [1.82, 2.24) is 0 Å². The monoisotopic (exact) mass is 180 g/mol. The van der Waals surface area contributed by atoms with Gasteiger partial charge in [-0.1, -0.05) is 11.6 Å². The number of hydrogen-bond donors (Lipinski definition) is 1. The van der Waals surface area contributed by atoms with Crippen LogP contribution in [0.2, 0.25) is 5.02 Å². The maximum Gasteiger partial charge on any atom is 0.103 e. The van der Waals surface area contributed by atoms with Crippen LogP contribution in [0, 0.1) is 18.3 Å². The molecule has 0 saturated heterocycles. The highest BCUT2D eigenvalue weighted by atomic mass is 35.5. The Labute approximate surface area is 76.8 Å². The van der Waals surface area contributed by atoms with Gasteiger partial charge in [0.05, 0.1) is 6.07 Å². The van der Waals surface area contributed by atoms with Crippen molar-refractivity contribution in [3.63, 3.8) is 0 Å². The van der Waals surface area contributed by atoms with Gasteiger partial charge in [0.25, 0.3) is 0 Å². The van der Waals surface area contributed by atoms with Crippen LogP contribution >= 0.6 is 11.6 Å². The van der Waals surface area contributed by atoms with Gasteiger partial charge in [-0.25, -0.2) is 0 Å². The van der Waals surface area contributed by atoms with Crippen molar-refractivity contribution >= 4 is 17.3 Å². The maximum absolute atomic E-state index is 8.33. The van der Waals surface area contributed by atoms with E-state index in [0.29, 0.717) is 6.54 Å². The molecule has 0 spiro atoms. The van der Waals surface area contributed by atoms with Gasteiger partial charge in [-0.3, -0.25) is 0 Å². The first-order valence-electron chi connectivity index (χ1n) is 3.61. The van der Waals surface area contributed by atoms with Crippen LogP contribution in [-0.2, 0) is 0 Å². The second kappa shape index (κ2) is 3.99. The molecule has 2 nitrogen and oxygen atoms in total. The molecule has 12 heavy (non-hydrogen) atoms. The first kappa shape index (κ1) is 8.89. The van der Waals surface area contributed by atoms with E-state index in [4.69, 9.17) is 16.9 Å². The molecule has 3 heteroatoms. The van der Waals surface area contributed by atoms with Crippen LogP contribution in [0.15, 0.2) is 18.2 Å². The largest absolute Gasteiger partial charge is 0.372 e. The highest BCUT2D eigenvalue weighted by Gasteiger charge is 1.96. The summed E-state index contributed by atoms with van der Waals surface area (Å²) in [6.45, 7) is 2.27. The SMILES string of the molecule is Cc1cc(Cl)ccc1NCC#N. The van der Waals surface area contributed by atoms with Gasteiger partial charge in [0.2, 0.25) is 0 Å². The van der Waals surface area contributed by atoms with Gasteiger partial charge in [0, 0.05) is 10.7 Å². The Hall–Kier alpha value is -1.20. The van der Waals surface area contributed by atoms with Crippen molar-refractivity contribution in [2.75, 3.05) is 11.9 Å². The molecule has 0 aliphatic carbocycles. The van der Waals surface area contributed by atoms with Crippen LogP contribution in [0.25, 0.3) is 0 Å². The third-order valence-corrected chi connectivity index (χ3v) is 1.78. The second-order valence-electron chi connectivity index (χ2n) is 2.47. The third-order valence-electron chi connectivity index (χ3n) is 1.55. The van der Waals surface area contributed by atoms with Crippen molar-refractivity contribution in [1.29, 1.82) is 5.26 Å². The Morgan fingerprint density at radius 1 is 1.58 bits per heavy atom. The van der Waals surface area contributed by atoms with Crippen LogP contribution in [0.1, 0.15) is 5.56 Å². The van der Waals surface area contributed by atoms with Crippen molar-refractivity contribution in [3.8, 4) is 6.07 Å². The van der Waals surface area contributed by atoms with Crippen LogP contribution in [-0.4, -0.2) is 6.54 Å². The number of aryl methyl sites for hydroxylation is 1. The smallest absolute Gasteiger partial charge is 0.103 e. The number of anilines is 1. The average Bonchev–Trinajstić information content (AvgIpc) is 2.03. The average molecular weight is 181 g/mol. The van der Waals surface area contributed by atoms with E-state index in [2.05, 4.69) is 5.32 Å². The Balaban J connectivity index is 2.81. The Bertz CT molecular complexity index is 315. The lowest BCUT2D eigenvalue weighted by Crippen LogP contribution is -1.99. The van der Waals surface area contributed by atoms with Crippen molar-refractivity contribution < 1.29 is 0 Å². The molecule has 1 aromatic rings. The number of halogens is 1. The van der Waals surface area contributed by atoms with Gasteiger partial charge in [-0.05, 0) is 30.7 Å². The van der Waals surface area contributed by atoms with Crippen LogP contribution in [0.4, 0.5) is 5.69 Å². The van der Waals surface area contributed by atoms with Crippen LogP contribution in [0.5, 0.6) is 0 Å². The summed E-state index contributed by atoms with van der Waals surface area (Å²) in [5, 5.41) is 12.0. The topological polar surface area (TPSA) is 35.8 Å². The summed E-state index contributed by atoms with van der Waals surface area (Å²) in [4.78, 5) is 0. The molecular weight excluding hydrogens is 172 g/mol. The van der Waals surface area contributed by atoms with Gasteiger partial charge in [-0.15, -0.1) is 0 Å². The first-order valence-corrected chi connectivity index (χ1v) is 3.99. The minimum absolute atomic E-state index is 0.322.